The van der Waals surface area contributed by atoms with Crippen LogP contribution in [0.2, 0.25) is 5.02 Å². The molecule has 3 aromatic rings. The first-order chi connectivity index (χ1) is 14.0. The predicted octanol–water partition coefficient (Wildman–Crippen LogP) is 5.76. The number of aromatic nitrogens is 1. The lowest BCUT2D eigenvalue weighted by molar-refractivity contribution is 0.0985. The SMILES string of the molecule is CCCCOc1ccc(C(=O)N(CCN(C)C)c2nc3ccc(Cl)cc3s2)cc1.Cl. The number of unbranched alkanes of at least 4 members (excludes halogenated alkanes) is 1. The lowest BCUT2D eigenvalue weighted by Crippen LogP contribution is -2.36. The number of amides is 1. The quantitative estimate of drug-likeness (QED) is 0.375. The highest BCUT2D eigenvalue weighted by molar-refractivity contribution is 7.22. The van der Waals surface area contributed by atoms with E-state index >= 15 is 0 Å². The number of anilines is 1. The molecule has 3 rings (SSSR count). The van der Waals surface area contributed by atoms with Gasteiger partial charge in [-0.25, -0.2) is 4.98 Å². The molecule has 8 heteroatoms. The van der Waals surface area contributed by atoms with Crippen LogP contribution < -0.4 is 9.64 Å². The smallest absolute Gasteiger partial charge is 0.260 e. The number of carbonyl (C=O) groups excluding carboxylic acids is 1. The van der Waals surface area contributed by atoms with Gasteiger partial charge in [-0.2, -0.15) is 0 Å². The number of likely N-dealkylation sites (N-methyl/N-ethyl adjacent to an activating group) is 1. The van der Waals surface area contributed by atoms with Crippen molar-refractivity contribution in [2.45, 2.75) is 19.8 Å². The van der Waals surface area contributed by atoms with Gasteiger partial charge in [-0.1, -0.05) is 36.3 Å². The van der Waals surface area contributed by atoms with E-state index in [9.17, 15) is 4.79 Å². The predicted molar refractivity (Wildman–Crippen MR) is 129 cm³/mol. The van der Waals surface area contributed by atoms with Gasteiger partial charge in [0.05, 0.1) is 16.8 Å². The molecule has 162 valence electrons. The molecule has 0 unspecified atom stereocenters. The van der Waals surface area contributed by atoms with Crippen molar-refractivity contribution in [3.05, 3.63) is 53.1 Å². The molecule has 0 spiro atoms. The van der Waals surface area contributed by atoms with E-state index < -0.39 is 0 Å². The van der Waals surface area contributed by atoms with E-state index in [0.717, 1.165) is 35.4 Å². The lowest BCUT2D eigenvalue weighted by atomic mass is 10.2. The maximum Gasteiger partial charge on any atom is 0.260 e. The van der Waals surface area contributed by atoms with Crippen molar-refractivity contribution in [3.63, 3.8) is 0 Å². The van der Waals surface area contributed by atoms with Crippen molar-refractivity contribution < 1.29 is 9.53 Å². The largest absolute Gasteiger partial charge is 0.494 e. The second kappa shape index (κ2) is 11.5. The topological polar surface area (TPSA) is 45.7 Å². The average Bonchev–Trinajstić information content (AvgIpc) is 3.11. The summed E-state index contributed by atoms with van der Waals surface area (Å²) in [7, 11) is 3.98. The Bertz CT molecular complexity index is 961. The summed E-state index contributed by atoms with van der Waals surface area (Å²) in [5.74, 6) is 0.710. The van der Waals surface area contributed by atoms with Crippen LogP contribution in [0.5, 0.6) is 5.75 Å². The van der Waals surface area contributed by atoms with Crippen molar-refractivity contribution >= 4 is 56.6 Å². The summed E-state index contributed by atoms with van der Waals surface area (Å²) in [5, 5.41) is 1.34. The zero-order chi connectivity index (χ0) is 20.8. The van der Waals surface area contributed by atoms with Crippen molar-refractivity contribution in [2.75, 3.05) is 38.7 Å². The van der Waals surface area contributed by atoms with Crippen LogP contribution in [0.25, 0.3) is 10.2 Å². The number of fused-ring (bicyclic) bond motifs is 1. The Kier molecular flexibility index (Phi) is 9.37. The molecular formula is C22H27Cl2N3O2S. The van der Waals surface area contributed by atoms with Crippen LogP contribution in [0, 0.1) is 0 Å². The molecule has 0 aliphatic heterocycles. The van der Waals surface area contributed by atoms with E-state index in [1.54, 1.807) is 4.90 Å². The van der Waals surface area contributed by atoms with Crippen LogP contribution >= 0.6 is 35.3 Å². The number of thiazole rings is 1. The van der Waals surface area contributed by atoms with E-state index in [1.165, 1.54) is 11.3 Å². The van der Waals surface area contributed by atoms with E-state index in [2.05, 4.69) is 16.8 Å². The summed E-state index contributed by atoms with van der Waals surface area (Å²) < 4.78 is 6.67. The molecule has 30 heavy (non-hydrogen) atoms. The van der Waals surface area contributed by atoms with E-state index in [4.69, 9.17) is 16.3 Å². The third-order valence-corrected chi connectivity index (χ3v) is 5.73. The van der Waals surface area contributed by atoms with Crippen LogP contribution in [0.3, 0.4) is 0 Å². The highest BCUT2D eigenvalue weighted by atomic mass is 35.5. The Morgan fingerprint density at radius 1 is 1.13 bits per heavy atom. The fraction of sp³-hybridized carbons (Fsp3) is 0.364. The van der Waals surface area contributed by atoms with E-state index in [1.807, 2.05) is 56.6 Å². The molecule has 0 fully saturated rings. The fourth-order valence-electron chi connectivity index (χ4n) is 2.77. The van der Waals surface area contributed by atoms with E-state index in [-0.39, 0.29) is 18.3 Å². The number of hydrogen-bond acceptors (Lipinski definition) is 5. The van der Waals surface area contributed by atoms with Crippen LogP contribution in [0.15, 0.2) is 42.5 Å². The van der Waals surface area contributed by atoms with Crippen molar-refractivity contribution in [2.24, 2.45) is 0 Å². The molecular weight excluding hydrogens is 441 g/mol. The molecule has 0 aliphatic carbocycles. The number of benzene rings is 2. The zero-order valence-corrected chi connectivity index (χ0v) is 19.8. The molecule has 2 aromatic carbocycles. The van der Waals surface area contributed by atoms with Crippen molar-refractivity contribution in [3.8, 4) is 5.75 Å². The van der Waals surface area contributed by atoms with Gasteiger partial charge in [0.1, 0.15) is 5.75 Å². The molecule has 0 saturated heterocycles. The van der Waals surface area contributed by atoms with Gasteiger partial charge in [-0.15, -0.1) is 12.4 Å². The Hall–Kier alpha value is -1.86. The normalized spacial score (nSPS) is 10.8. The lowest BCUT2D eigenvalue weighted by Gasteiger charge is -2.22. The zero-order valence-electron chi connectivity index (χ0n) is 17.4. The molecule has 0 radical (unpaired) electrons. The minimum Gasteiger partial charge on any atom is -0.494 e. The standard InChI is InChI=1S/C22H26ClN3O2S.ClH/c1-4-5-14-28-18-9-6-16(7-10-18)21(27)26(13-12-25(2)3)22-24-19-11-8-17(23)15-20(19)29-22;/h6-11,15H,4-5,12-14H2,1-3H3;1H. The fourth-order valence-corrected chi connectivity index (χ4v) is 4.04. The monoisotopic (exact) mass is 467 g/mol. The molecule has 1 heterocycles. The molecule has 0 aliphatic rings. The van der Waals surface area contributed by atoms with Gasteiger partial charge in [-0.05, 0) is 63.0 Å². The maximum atomic E-state index is 13.3. The highest BCUT2D eigenvalue weighted by Gasteiger charge is 2.21. The van der Waals surface area contributed by atoms with Gasteiger partial charge >= 0.3 is 0 Å². The number of hydrogen-bond donors (Lipinski definition) is 0. The molecule has 1 aromatic heterocycles. The summed E-state index contributed by atoms with van der Waals surface area (Å²) in [6, 6.07) is 12.9. The number of halogens is 2. The van der Waals surface area contributed by atoms with Crippen LogP contribution in [0.4, 0.5) is 5.13 Å². The maximum absolute atomic E-state index is 13.3. The summed E-state index contributed by atoms with van der Waals surface area (Å²) in [5.41, 5.74) is 1.46. The minimum atomic E-state index is -0.0721. The molecule has 1 amide bonds. The molecule has 5 nitrogen and oxygen atoms in total. The molecule has 0 saturated carbocycles. The Morgan fingerprint density at radius 2 is 1.87 bits per heavy atom. The van der Waals surface area contributed by atoms with Crippen LogP contribution in [-0.4, -0.2) is 49.6 Å². The molecule has 0 bridgehead atoms. The van der Waals surface area contributed by atoms with Crippen LogP contribution in [-0.2, 0) is 0 Å². The van der Waals surface area contributed by atoms with Gasteiger partial charge in [0, 0.05) is 23.7 Å². The first-order valence-electron chi connectivity index (χ1n) is 9.73. The number of rotatable bonds is 9. The van der Waals surface area contributed by atoms with Crippen molar-refractivity contribution in [1.82, 2.24) is 9.88 Å². The second-order valence-electron chi connectivity index (χ2n) is 7.09. The number of carbonyl (C=O) groups is 1. The highest BCUT2D eigenvalue weighted by Crippen LogP contribution is 2.31. The van der Waals surface area contributed by atoms with Gasteiger partial charge in [-0.3, -0.25) is 9.69 Å². The van der Waals surface area contributed by atoms with Gasteiger partial charge in [0.15, 0.2) is 5.13 Å². The van der Waals surface area contributed by atoms with E-state index in [0.29, 0.717) is 28.9 Å². The van der Waals surface area contributed by atoms with Gasteiger partial charge in [0.2, 0.25) is 0 Å². The third kappa shape index (κ3) is 6.32. The van der Waals surface area contributed by atoms with Crippen LogP contribution in [0.1, 0.15) is 30.1 Å². The second-order valence-corrected chi connectivity index (χ2v) is 8.54. The molecule has 0 atom stereocenters. The Balaban J connectivity index is 0.00000320. The van der Waals surface area contributed by atoms with Crippen molar-refractivity contribution in [1.29, 1.82) is 0 Å². The number of nitrogens with zero attached hydrogens (tertiary/aromatic N) is 3. The summed E-state index contributed by atoms with van der Waals surface area (Å²) in [4.78, 5) is 21.7. The number of ether oxygens (including phenoxy) is 1. The molecule has 0 N–H and O–H groups in total. The summed E-state index contributed by atoms with van der Waals surface area (Å²) in [6.07, 6.45) is 2.10. The van der Waals surface area contributed by atoms with Gasteiger partial charge < -0.3 is 9.64 Å². The summed E-state index contributed by atoms with van der Waals surface area (Å²) in [6.45, 7) is 4.10. The summed E-state index contributed by atoms with van der Waals surface area (Å²) >= 11 is 7.59. The average molecular weight is 468 g/mol. The minimum absolute atomic E-state index is 0. The first-order valence-corrected chi connectivity index (χ1v) is 10.9. The van der Waals surface area contributed by atoms with Gasteiger partial charge in [0.25, 0.3) is 5.91 Å². The first kappa shape index (κ1) is 24.4. The Morgan fingerprint density at radius 3 is 2.53 bits per heavy atom. The Labute approximate surface area is 193 Å². The third-order valence-electron chi connectivity index (χ3n) is 4.45.